The van der Waals surface area contributed by atoms with Gasteiger partial charge < -0.3 is 10.1 Å². The number of benzene rings is 1. The van der Waals surface area contributed by atoms with Gasteiger partial charge in [0.1, 0.15) is 11.6 Å². The molecule has 1 aliphatic carbocycles. The van der Waals surface area contributed by atoms with Crippen LogP contribution in [0.2, 0.25) is 0 Å². The lowest BCUT2D eigenvalue weighted by Gasteiger charge is -2.23. The van der Waals surface area contributed by atoms with E-state index in [-0.39, 0.29) is 5.82 Å². The van der Waals surface area contributed by atoms with Crippen LogP contribution in [-0.4, -0.2) is 12.6 Å². The van der Waals surface area contributed by atoms with Crippen molar-refractivity contribution >= 4 is 5.69 Å². The van der Waals surface area contributed by atoms with E-state index in [1.165, 1.54) is 25.0 Å². The Morgan fingerprint density at radius 1 is 1.47 bits per heavy atom. The van der Waals surface area contributed by atoms with Crippen molar-refractivity contribution < 1.29 is 9.13 Å². The number of rotatable bonds is 5. The van der Waals surface area contributed by atoms with Crippen molar-refractivity contribution in [3.05, 3.63) is 24.0 Å². The summed E-state index contributed by atoms with van der Waals surface area (Å²) in [7, 11) is 0. The predicted molar refractivity (Wildman–Crippen MR) is 68.0 cm³/mol. The molecule has 3 heteroatoms. The van der Waals surface area contributed by atoms with E-state index in [1.807, 2.05) is 6.92 Å². The van der Waals surface area contributed by atoms with E-state index in [9.17, 15) is 4.39 Å². The SMILES string of the molecule is CCOc1cc(F)ccc1NC(C)C1(C)CC1. The van der Waals surface area contributed by atoms with Crippen molar-refractivity contribution in [3.63, 3.8) is 0 Å². The maximum atomic E-state index is 13.1. The van der Waals surface area contributed by atoms with Crippen molar-refractivity contribution in [1.29, 1.82) is 0 Å². The van der Waals surface area contributed by atoms with Gasteiger partial charge in [0.2, 0.25) is 0 Å². The zero-order valence-corrected chi connectivity index (χ0v) is 10.7. The second-order valence-corrected chi connectivity index (χ2v) is 5.09. The van der Waals surface area contributed by atoms with E-state index in [4.69, 9.17) is 4.74 Å². The summed E-state index contributed by atoms with van der Waals surface area (Å²) >= 11 is 0. The molecule has 17 heavy (non-hydrogen) atoms. The Morgan fingerprint density at radius 2 is 2.18 bits per heavy atom. The predicted octanol–water partition coefficient (Wildman–Crippen LogP) is 3.82. The van der Waals surface area contributed by atoms with Gasteiger partial charge in [-0.1, -0.05) is 6.92 Å². The number of nitrogens with one attached hydrogen (secondary N) is 1. The van der Waals surface area contributed by atoms with Gasteiger partial charge >= 0.3 is 0 Å². The molecule has 1 fully saturated rings. The Balaban J connectivity index is 2.13. The Bertz CT molecular complexity index is 401. The van der Waals surface area contributed by atoms with E-state index in [0.717, 1.165) is 5.69 Å². The Morgan fingerprint density at radius 3 is 2.76 bits per heavy atom. The summed E-state index contributed by atoms with van der Waals surface area (Å²) in [5, 5.41) is 3.43. The molecule has 0 spiro atoms. The fraction of sp³-hybridized carbons (Fsp3) is 0.571. The van der Waals surface area contributed by atoms with E-state index < -0.39 is 0 Å². The topological polar surface area (TPSA) is 21.3 Å². The molecule has 0 saturated heterocycles. The van der Waals surface area contributed by atoms with Crippen LogP contribution in [0.4, 0.5) is 10.1 Å². The summed E-state index contributed by atoms with van der Waals surface area (Å²) in [4.78, 5) is 0. The molecule has 1 aromatic carbocycles. The first kappa shape index (κ1) is 12.2. The normalized spacial score (nSPS) is 18.6. The lowest BCUT2D eigenvalue weighted by molar-refractivity contribution is 0.339. The highest BCUT2D eigenvalue weighted by atomic mass is 19.1. The highest BCUT2D eigenvalue weighted by molar-refractivity contribution is 5.57. The second kappa shape index (κ2) is 4.55. The van der Waals surface area contributed by atoms with Crippen molar-refractivity contribution in [1.82, 2.24) is 0 Å². The highest BCUT2D eigenvalue weighted by Gasteiger charge is 2.42. The van der Waals surface area contributed by atoms with Crippen molar-refractivity contribution in [2.24, 2.45) is 5.41 Å². The van der Waals surface area contributed by atoms with Gasteiger partial charge in [-0.2, -0.15) is 0 Å². The van der Waals surface area contributed by atoms with Gasteiger partial charge in [0.25, 0.3) is 0 Å². The third-order valence-corrected chi connectivity index (χ3v) is 3.70. The Labute approximate surface area is 102 Å². The maximum Gasteiger partial charge on any atom is 0.145 e. The van der Waals surface area contributed by atoms with E-state index >= 15 is 0 Å². The number of halogens is 1. The molecule has 1 saturated carbocycles. The monoisotopic (exact) mass is 237 g/mol. The summed E-state index contributed by atoms with van der Waals surface area (Å²) in [6, 6.07) is 5.04. The minimum atomic E-state index is -0.260. The van der Waals surface area contributed by atoms with Crippen LogP contribution in [-0.2, 0) is 0 Å². The van der Waals surface area contributed by atoms with Crippen LogP contribution in [0.25, 0.3) is 0 Å². The molecule has 0 amide bonds. The molecule has 1 N–H and O–H groups in total. The first-order valence-electron chi connectivity index (χ1n) is 6.24. The van der Waals surface area contributed by atoms with Crippen LogP contribution in [0.3, 0.4) is 0 Å². The average molecular weight is 237 g/mol. The molecule has 2 rings (SSSR count). The first-order valence-corrected chi connectivity index (χ1v) is 6.24. The quantitative estimate of drug-likeness (QED) is 0.840. The average Bonchev–Trinajstić information content (AvgIpc) is 3.02. The molecule has 1 unspecified atom stereocenters. The molecule has 0 bridgehead atoms. The van der Waals surface area contributed by atoms with Crippen molar-refractivity contribution in [2.75, 3.05) is 11.9 Å². The van der Waals surface area contributed by atoms with Gasteiger partial charge in [-0.3, -0.25) is 0 Å². The van der Waals surface area contributed by atoms with Gasteiger partial charge in [-0.15, -0.1) is 0 Å². The van der Waals surface area contributed by atoms with Crippen molar-refractivity contribution in [3.8, 4) is 5.75 Å². The molecule has 0 heterocycles. The molecule has 0 radical (unpaired) electrons. The fourth-order valence-electron chi connectivity index (χ4n) is 1.93. The zero-order chi connectivity index (χ0) is 12.5. The van der Waals surface area contributed by atoms with Crippen molar-refractivity contribution in [2.45, 2.75) is 39.7 Å². The van der Waals surface area contributed by atoms with Crippen LogP contribution in [0, 0.1) is 11.2 Å². The first-order chi connectivity index (χ1) is 8.05. The zero-order valence-electron chi connectivity index (χ0n) is 10.7. The van der Waals surface area contributed by atoms with Crippen LogP contribution in [0.15, 0.2) is 18.2 Å². The summed E-state index contributed by atoms with van der Waals surface area (Å²) < 4.78 is 18.6. The van der Waals surface area contributed by atoms with E-state index in [0.29, 0.717) is 23.8 Å². The number of hydrogen-bond donors (Lipinski definition) is 1. The number of anilines is 1. The minimum absolute atomic E-state index is 0.260. The van der Waals surface area contributed by atoms with Crippen LogP contribution < -0.4 is 10.1 Å². The molecule has 2 nitrogen and oxygen atoms in total. The van der Waals surface area contributed by atoms with Gasteiger partial charge in [0.05, 0.1) is 12.3 Å². The summed E-state index contributed by atoms with van der Waals surface area (Å²) in [6.45, 7) is 6.89. The largest absolute Gasteiger partial charge is 0.492 e. The number of ether oxygens (including phenoxy) is 1. The molecule has 1 aliphatic rings. The van der Waals surface area contributed by atoms with Crippen LogP contribution in [0.5, 0.6) is 5.75 Å². The Kier molecular flexibility index (Phi) is 3.27. The second-order valence-electron chi connectivity index (χ2n) is 5.09. The lowest BCUT2D eigenvalue weighted by atomic mass is 10.0. The standard InChI is InChI=1S/C14H20FNO/c1-4-17-13-9-11(15)5-6-12(13)16-10(2)14(3)7-8-14/h5-6,9-10,16H,4,7-8H2,1-3H3. The summed E-state index contributed by atoms with van der Waals surface area (Å²) in [5.41, 5.74) is 1.27. The van der Waals surface area contributed by atoms with Gasteiger partial charge in [0, 0.05) is 12.1 Å². The van der Waals surface area contributed by atoms with Gasteiger partial charge in [0.15, 0.2) is 0 Å². The minimum Gasteiger partial charge on any atom is -0.492 e. The van der Waals surface area contributed by atoms with Gasteiger partial charge in [-0.05, 0) is 44.2 Å². The Hall–Kier alpha value is -1.25. The van der Waals surface area contributed by atoms with E-state index in [1.54, 1.807) is 6.07 Å². The smallest absolute Gasteiger partial charge is 0.145 e. The summed E-state index contributed by atoms with van der Waals surface area (Å²) in [6.07, 6.45) is 2.51. The van der Waals surface area contributed by atoms with Crippen LogP contribution in [0.1, 0.15) is 33.6 Å². The molecule has 1 atom stereocenters. The molecule has 1 aromatic rings. The number of hydrogen-bond acceptors (Lipinski definition) is 2. The molecule has 0 aliphatic heterocycles. The van der Waals surface area contributed by atoms with Gasteiger partial charge in [-0.25, -0.2) is 4.39 Å². The molecular formula is C14H20FNO. The highest BCUT2D eigenvalue weighted by Crippen LogP contribution is 2.49. The van der Waals surface area contributed by atoms with E-state index in [2.05, 4.69) is 19.2 Å². The fourth-order valence-corrected chi connectivity index (χ4v) is 1.93. The maximum absolute atomic E-state index is 13.1. The summed E-state index contributed by atoms with van der Waals surface area (Å²) in [5.74, 6) is 0.341. The van der Waals surface area contributed by atoms with Crippen LogP contribution >= 0.6 is 0 Å². The molecule has 0 aromatic heterocycles. The third-order valence-electron chi connectivity index (χ3n) is 3.70. The molecular weight excluding hydrogens is 217 g/mol. The third kappa shape index (κ3) is 2.71. The molecule has 94 valence electrons. The lowest BCUT2D eigenvalue weighted by Crippen LogP contribution is -2.25.